The van der Waals surface area contributed by atoms with Gasteiger partial charge in [-0.3, -0.25) is 4.79 Å². The fourth-order valence-corrected chi connectivity index (χ4v) is 1.61. The zero-order chi connectivity index (χ0) is 11.3. The number of carbonyl (C=O) groups is 1. The first-order chi connectivity index (χ1) is 7.09. The fraction of sp³-hybridized carbons (Fsp3) is 0.364. The maximum Gasteiger partial charge on any atom is 0.258 e. The van der Waals surface area contributed by atoms with Gasteiger partial charge in [-0.25, -0.2) is 0 Å². The summed E-state index contributed by atoms with van der Waals surface area (Å²) in [5, 5.41) is 2.77. The van der Waals surface area contributed by atoms with Crippen molar-refractivity contribution < 1.29 is 9.53 Å². The standard InChI is InChI=1S/C11H14INO2/c1-8(2)13-11(14)7-15-10-6-4-3-5-9(10)12/h3-6,8H,7H2,1-2H3,(H,13,14). The van der Waals surface area contributed by atoms with Crippen LogP contribution >= 0.6 is 22.6 Å². The van der Waals surface area contributed by atoms with Gasteiger partial charge in [0.25, 0.3) is 5.91 Å². The second-order valence-electron chi connectivity index (χ2n) is 3.44. The van der Waals surface area contributed by atoms with E-state index in [1.165, 1.54) is 0 Å². The third kappa shape index (κ3) is 4.51. The molecule has 0 radical (unpaired) electrons. The molecule has 0 heterocycles. The van der Waals surface area contributed by atoms with Crippen LogP contribution in [0.4, 0.5) is 0 Å². The summed E-state index contributed by atoms with van der Waals surface area (Å²) in [7, 11) is 0. The van der Waals surface area contributed by atoms with Crippen LogP contribution in [0, 0.1) is 3.57 Å². The maximum atomic E-state index is 11.3. The largest absolute Gasteiger partial charge is 0.483 e. The Morgan fingerprint density at radius 1 is 1.47 bits per heavy atom. The minimum Gasteiger partial charge on any atom is -0.483 e. The first-order valence-corrected chi connectivity index (χ1v) is 5.84. The zero-order valence-corrected chi connectivity index (χ0v) is 10.9. The van der Waals surface area contributed by atoms with Crippen molar-refractivity contribution in [2.24, 2.45) is 0 Å². The molecule has 0 fully saturated rings. The summed E-state index contributed by atoms with van der Waals surface area (Å²) in [5.41, 5.74) is 0. The number of nitrogens with one attached hydrogen (secondary N) is 1. The van der Waals surface area contributed by atoms with E-state index in [1.54, 1.807) is 0 Å². The number of rotatable bonds is 4. The lowest BCUT2D eigenvalue weighted by molar-refractivity contribution is -0.123. The molecule has 1 aromatic rings. The molecule has 1 N–H and O–H groups in total. The van der Waals surface area contributed by atoms with E-state index < -0.39 is 0 Å². The van der Waals surface area contributed by atoms with Crippen LogP contribution < -0.4 is 10.1 Å². The van der Waals surface area contributed by atoms with Gasteiger partial charge < -0.3 is 10.1 Å². The van der Waals surface area contributed by atoms with Gasteiger partial charge in [0.15, 0.2) is 6.61 Å². The molecule has 0 atom stereocenters. The first kappa shape index (κ1) is 12.3. The lowest BCUT2D eigenvalue weighted by Gasteiger charge is -2.10. The zero-order valence-electron chi connectivity index (χ0n) is 8.79. The Labute approximate surface area is 103 Å². The normalized spacial score (nSPS) is 10.1. The Balaban J connectivity index is 2.44. The van der Waals surface area contributed by atoms with Gasteiger partial charge in [-0.1, -0.05) is 12.1 Å². The summed E-state index contributed by atoms with van der Waals surface area (Å²) < 4.78 is 6.39. The van der Waals surface area contributed by atoms with Gasteiger partial charge in [0.2, 0.25) is 0 Å². The number of ether oxygens (including phenoxy) is 1. The predicted octanol–water partition coefficient (Wildman–Crippen LogP) is 2.19. The van der Waals surface area contributed by atoms with Crippen LogP contribution in [0.15, 0.2) is 24.3 Å². The highest BCUT2D eigenvalue weighted by molar-refractivity contribution is 14.1. The Morgan fingerprint density at radius 2 is 2.13 bits per heavy atom. The van der Waals surface area contributed by atoms with Crippen LogP contribution in [0.3, 0.4) is 0 Å². The van der Waals surface area contributed by atoms with E-state index in [1.807, 2.05) is 38.1 Å². The van der Waals surface area contributed by atoms with Crippen molar-refractivity contribution in [3.05, 3.63) is 27.8 Å². The van der Waals surface area contributed by atoms with Crippen molar-refractivity contribution in [1.82, 2.24) is 5.32 Å². The van der Waals surface area contributed by atoms with E-state index in [0.717, 1.165) is 9.32 Å². The second kappa shape index (κ2) is 5.95. The summed E-state index contributed by atoms with van der Waals surface area (Å²) in [6.45, 7) is 3.91. The molecule has 15 heavy (non-hydrogen) atoms. The molecule has 0 aliphatic heterocycles. The molecule has 1 rings (SSSR count). The number of halogens is 1. The smallest absolute Gasteiger partial charge is 0.258 e. The Bertz CT molecular complexity index is 339. The fourth-order valence-electron chi connectivity index (χ4n) is 1.07. The number of para-hydroxylation sites is 1. The van der Waals surface area contributed by atoms with Crippen LogP contribution in [-0.4, -0.2) is 18.6 Å². The summed E-state index contributed by atoms with van der Waals surface area (Å²) in [6, 6.07) is 7.76. The third-order valence-electron chi connectivity index (χ3n) is 1.65. The third-order valence-corrected chi connectivity index (χ3v) is 2.54. The van der Waals surface area contributed by atoms with Crippen LogP contribution in [0.2, 0.25) is 0 Å². The van der Waals surface area contributed by atoms with Crippen LogP contribution in [-0.2, 0) is 4.79 Å². The van der Waals surface area contributed by atoms with E-state index in [2.05, 4.69) is 27.9 Å². The molecule has 0 bridgehead atoms. The van der Waals surface area contributed by atoms with E-state index in [0.29, 0.717) is 0 Å². The van der Waals surface area contributed by atoms with Crippen molar-refractivity contribution >= 4 is 28.5 Å². The average Bonchev–Trinajstić information content (AvgIpc) is 2.15. The van der Waals surface area contributed by atoms with Crippen LogP contribution in [0.1, 0.15) is 13.8 Å². The molecule has 4 heteroatoms. The minimum atomic E-state index is -0.0929. The number of amides is 1. The van der Waals surface area contributed by atoms with Crippen molar-refractivity contribution in [3.63, 3.8) is 0 Å². The molecular weight excluding hydrogens is 305 g/mol. The van der Waals surface area contributed by atoms with Gasteiger partial charge >= 0.3 is 0 Å². The predicted molar refractivity (Wildman–Crippen MR) is 67.9 cm³/mol. The average molecular weight is 319 g/mol. The number of carbonyl (C=O) groups excluding carboxylic acids is 1. The molecular formula is C11H14INO2. The van der Waals surface area contributed by atoms with E-state index in [-0.39, 0.29) is 18.6 Å². The van der Waals surface area contributed by atoms with Gasteiger partial charge in [0.05, 0.1) is 3.57 Å². The lowest BCUT2D eigenvalue weighted by Crippen LogP contribution is -2.34. The minimum absolute atomic E-state index is 0.0677. The molecule has 0 aliphatic rings. The highest BCUT2D eigenvalue weighted by Gasteiger charge is 2.05. The topological polar surface area (TPSA) is 38.3 Å². The highest BCUT2D eigenvalue weighted by atomic mass is 127. The summed E-state index contributed by atoms with van der Waals surface area (Å²) in [6.07, 6.45) is 0. The van der Waals surface area contributed by atoms with Crippen molar-refractivity contribution in [2.45, 2.75) is 19.9 Å². The van der Waals surface area contributed by atoms with Gasteiger partial charge in [0.1, 0.15) is 5.75 Å². The molecule has 0 saturated carbocycles. The summed E-state index contributed by atoms with van der Waals surface area (Å²) >= 11 is 2.18. The molecule has 0 unspecified atom stereocenters. The lowest BCUT2D eigenvalue weighted by atomic mass is 10.3. The van der Waals surface area contributed by atoms with Gasteiger partial charge in [-0.2, -0.15) is 0 Å². The highest BCUT2D eigenvalue weighted by Crippen LogP contribution is 2.19. The molecule has 82 valence electrons. The monoisotopic (exact) mass is 319 g/mol. The summed E-state index contributed by atoms with van der Waals surface area (Å²) in [5.74, 6) is 0.654. The van der Waals surface area contributed by atoms with Crippen molar-refractivity contribution in [3.8, 4) is 5.75 Å². The van der Waals surface area contributed by atoms with Crippen LogP contribution in [0.5, 0.6) is 5.75 Å². The Hall–Kier alpha value is -0.780. The van der Waals surface area contributed by atoms with Crippen molar-refractivity contribution in [2.75, 3.05) is 6.61 Å². The van der Waals surface area contributed by atoms with E-state index in [9.17, 15) is 4.79 Å². The van der Waals surface area contributed by atoms with E-state index >= 15 is 0 Å². The SMILES string of the molecule is CC(C)NC(=O)COc1ccccc1I. The molecule has 3 nitrogen and oxygen atoms in total. The quantitative estimate of drug-likeness (QED) is 0.864. The first-order valence-electron chi connectivity index (χ1n) is 4.76. The molecule has 0 aromatic heterocycles. The van der Waals surface area contributed by atoms with E-state index in [4.69, 9.17) is 4.74 Å². The number of hydrogen-bond donors (Lipinski definition) is 1. The number of hydrogen-bond acceptors (Lipinski definition) is 2. The molecule has 0 aliphatic carbocycles. The molecule has 1 aromatic carbocycles. The van der Waals surface area contributed by atoms with Gasteiger partial charge in [-0.05, 0) is 48.6 Å². The molecule has 0 saturated heterocycles. The summed E-state index contributed by atoms with van der Waals surface area (Å²) in [4.78, 5) is 11.3. The molecule has 0 spiro atoms. The van der Waals surface area contributed by atoms with Crippen molar-refractivity contribution in [1.29, 1.82) is 0 Å². The number of benzene rings is 1. The second-order valence-corrected chi connectivity index (χ2v) is 4.60. The van der Waals surface area contributed by atoms with Crippen LogP contribution in [0.25, 0.3) is 0 Å². The Morgan fingerprint density at radius 3 is 2.73 bits per heavy atom. The van der Waals surface area contributed by atoms with Gasteiger partial charge in [0, 0.05) is 6.04 Å². The van der Waals surface area contributed by atoms with Gasteiger partial charge in [-0.15, -0.1) is 0 Å². The maximum absolute atomic E-state index is 11.3. The molecule has 1 amide bonds. The Kier molecular flexibility index (Phi) is 4.87.